The first-order valence-electron chi connectivity index (χ1n) is 11.0. The van der Waals surface area contributed by atoms with E-state index in [1.54, 1.807) is 48.4 Å². The molecule has 0 spiro atoms. The van der Waals surface area contributed by atoms with E-state index in [9.17, 15) is 13.2 Å². The lowest BCUT2D eigenvalue weighted by Crippen LogP contribution is -2.50. The molecule has 4 aromatic rings. The molecule has 174 valence electrons. The second-order valence-electron chi connectivity index (χ2n) is 8.50. The number of piperazine rings is 1. The molecule has 9 heteroatoms. The Bertz CT molecular complexity index is 1550. The van der Waals surface area contributed by atoms with Gasteiger partial charge in [0.1, 0.15) is 4.90 Å². The number of amides is 1. The lowest BCUT2D eigenvalue weighted by atomic mass is 10.1. The van der Waals surface area contributed by atoms with E-state index in [4.69, 9.17) is 11.6 Å². The third-order valence-electron chi connectivity index (χ3n) is 6.15. The summed E-state index contributed by atoms with van der Waals surface area (Å²) in [6, 6.07) is 14.3. The molecule has 0 unspecified atom stereocenters. The van der Waals surface area contributed by atoms with Gasteiger partial charge in [0.15, 0.2) is 0 Å². The van der Waals surface area contributed by atoms with E-state index in [1.807, 2.05) is 25.1 Å². The van der Waals surface area contributed by atoms with E-state index in [0.29, 0.717) is 34.9 Å². The van der Waals surface area contributed by atoms with Gasteiger partial charge in [-0.05, 0) is 55.8 Å². The van der Waals surface area contributed by atoms with E-state index < -0.39 is 10.0 Å². The van der Waals surface area contributed by atoms with E-state index >= 15 is 0 Å². The van der Waals surface area contributed by atoms with Crippen molar-refractivity contribution in [1.82, 2.24) is 19.2 Å². The quantitative estimate of drug-likeness (QED) is 0.426. The summed E-state index contributed by atoms with van der Waals surface area (Å²) in [6.07, 6.45) is 1.67. The molecule has 2 aromatic heterocycles. The summed E-state index contributed by atoms with van der Waals surface area (Å²) in [5.74, 6) is -0.161. The molecular formula is C25H23ClN4O3S. The minimum atomic E-state index is -3.75. The summed E-state index contributed by atoms with van der Waals surface area (Å²) in [4.78, 5) is 24.0. The lowest BCUT2D eigenvalue weighted by molar-refractivity contribution is 0.0697. The number of aromatic nitrogens is 2. The van der Waals surface area contributed by atoms with Crippen molar-refractivity contribution in [3.05, 3.63) is 76.6 Å². The number of fused-ring (bicyclic) bond motifs is 2. The van der Waals surface area contributed by atoms with Gasteiger partial charge in [-0.2, -0.15) is 4.31 Å². The molecule has 0 saturated carbocycles. The number of hydrogen-bond acceptors (Lipinski definition) is 5. The Balaban J connectivity index is 1.37. The average molecular weight is 495 g/mol. The number of hydrogen-bond donors (Lipinski definition) is 0. The molecule has 1 saturated heterocycles. The maximum atomic E-state index is 13.4. The molecule has 1 amide bonds. The molecule has 2 aromatic carbocycles. The van der Waals surface area contributed by atoms with Gasteiger partial charge in [0.2, 0.25) is 10.0 Å². The Hall–Kier alpha value is -3.07. The maximum absolute atomic E-state index is 13.4. The van der Waals surface area contributed by atoms with Crippen LogP contribution in [0.3, 0.4) is 0 Å². The largest absolute Gasteiger partial charge is 0.336 e. The van der Waals surface area contributed by atoms with Crippen molar-refractivity contribution >= 4 is 49.3 Å². The Morgan fingerprint density at radius 2 is 1.74 bits per heavy atom. The SMILES string of the molecule is Cc1cnc2c(S(=O)(=O)N3CCN(C(=O)c4cc5cc(Cl)ccc5nc4C)CC3)cccc2c1. The van der Waals surface area contributed by atoms with Gasteiger partial charge >= 0.3 is 0 Å². The van der Waals surface area contributed by atoms with Gasteiger partial charge in [0.25, 0.3) is 5.91 Å². The monoisotopic (exact) mass is 494 g/mol. The van der Waals surface area contributed by atoms with Gasteiger partial charge in [-0.15, -0.1) is 0 Å². The molecule has 1 fully saturated rings. The number of rotatable bonds is 3. The number of aryl methyl sites for hydroxylation is 2. The standard InChI is InChI=1S/C25H23ClN4O3S/c1-16-12-18-4-3-5-23(24(18)27-15-16)34(32,33)30-10-8-29(9-11-30)25(31)21-14-19-13-20(26)6-7-22(19)28-17(21)2/h3-7,12-15H,8-11H2,1-2H3. The van der Waals surface area contributed by atoms with E-state index in [2.05, 4.69) is 9.97 Å². The molecule has 0 bridgehead atoms. The minimum Gasteiger partial charge on any atom is -0.336 e. The average Bonchev–Trinajstić information content (AvgIpc) is 2.83. The molecule has 0 N–H and O–H groups in total. The fraction of sp³-hybridized carbons (Fsp3) is 0.240. The third kappa shape index (κ3) is 4.02. The number of halogens is 1. The van der Waals surface area contributed by atoms with Crippen LogP contribution in [0.5, 0.6) is 0 Å². The number of benzene rings is 2. The van der Waals surface area contributed by atoms with Crippen molar-refractivity contribution < 1.29 is 13.2 Å². The smallest absolute Gasteiger partial charge is 0.255 e. The Morgan fingerprint density at radius 3 is 2.50 bits per heavy atom. The molecule has 34 heavy (non-hydrogen) atoms. The van der Waals surface area contributed by atoms with Crippen LogP contribution in [-0.2, 0) is 10.0 Å². The number of sulfonamides is 1. The zero-order valence-corrected chi connectivity index (χ0v) is 20.4. The summed E-state index contributed by atoms with van der Waals surface area (Å²) in [6.45, 7) is 4.73. The first-order chi connectivity index (χ1) is 16.2. The van der Waals surface area contributed by atoms with Crippen LogP contribution in [0.1, 0.15) is 21.6 Å². The van der Waals surface area contributed by atoms with Gasteiger partial charge in [0.05, 0.1) is 22.3 Å². The normalized spacial score (nSPS) is 15.2. The van der Waals surface area contributed by atoms with Gasteiger partial charge in [-0.25, -0.2) is 8.42 Å². The van der Waals surface area contributed by atoms with Crippen molar-refractivity contribution in [3.63, 3.8) is 0 Å². The molecular weight excluding hydrogens is 472 g/mol. The predicted molar refractivity (Wildman–Crippen MR) is 133 cm³/mol. The van der Waals surface area contributed by atoms with E-state index in [1.165, 1.54) is 4.31 Å². The van der Waals surface area contributed by atoms with Crippen LogP contribution in [0, 0.1) is 13.8 Å². The Labute approximate surface area is 203 Å². The number of para-hydroxylation sites is 1. The summed E-state index contributed by atoms with van der Waals surface area (Å²) >= 11 is 6.10. The van der Waals surface area contributed by atoms with Crippen molar-refractivity contribution in [3.8, 4) is 0 Å². The van der Waals surface area contributed by atoms with Crippen LogP contribution in [0.25, 0.3) is 21.8 Å². The number of carbonyl (C=O) groups excluding carboxylic acids is 1. The van der Waals surface area contributed by atoms with Crippen molar-refractivity contribution in [2.75, 3.05) is 26.2 Å². The fourth-order valence-corrected chi connectivity index (χ4v) is 6.12. The predicted octanol–water partition coefficient (Wildman–Crippen LogP) is 4.20. The molecule has 1 aliphatic heterocycles. The van der Waals surface area contributed by atoms with Crippen molar-refractivity contribution in [1.29, 1.82) is 0 Å². The van der Waals surface area contributed by atoms with Crippen LogP contribution >= 0.6 is 11.6 Å². The first kappa shape index (κ1) is 22.7. The van der Waals surface area contributed by atoms with Crippen LogP contribution in [-0.4, -0.2) is 59.7 Å². The summed E-state index contributed by atoms with van der Waals surface area (Å²) in [5.41, 5.74) is 3.33. The van der Waals surface area contributed by atoms with Crippen LogP contribution in [0.4, 0.5) is 0 Å². The zero-order valence-electron chi connectivity index (χ0n) is 18.8. The van der Waals surface area contributed by atoms with Crippen molar-refractivity contribution in [2.45, 2.75) is 18.7 Å². The van der Waals surface area contributed by atoms with Gasteiger partial charge in [-0.1, -0.05) is 23.7 Å². The highest BCUT2D eigenvalue weighted by molar-refractivity contribution is 7.89. The first-order valence-corrected chi connectivity index (χ1v) is 12.8. The number of carbonyl (C=O) groups is 1. The lowest BCUT2D eigenvalue weighted by Gasteiger charge is -2.34. The molecule has 5 rings (SSSR count). The maximum Gasteiger partial charge on any atom is 0.255 e. The highest BCUT2D eigenvalue weighted by atomic mass is 35.5. The minimum absolute atomic E-state index is 0.161. The Kier molecular flexibility index (Phi) is 5.75. The van der Waals surface area contributed by atoms with Gasteiger partial charge < -0.3 is 4.90 Å². The number of nitrogens with zero attached hydrogens (tertiary/aromatic N) is 4. The number of pyridine rings is 2. The van der Waals surface area contributed by atoms with E-state index in [-0.39, 0.29) is 23.9 Å². The molecule has 0 radical (unpaired) electrons. The zero-order chi connectivity index (χ0) is 24.0. The Morgan fingerprint density at radius 1 is 0.971 bits per heavy atom. The molecule has 0 aliphatic carbocycles. The van der Waals surface area contributed by atoms with Gasteiger partial charge in [-0.3, -0.25) is 14.8 Å². The summed E-state index contributed by atoms with van der Waals surface area (Å²) in [5, 5.41) is 2.16. The summed E-state index contributed by atoms with van der Waals surface area (Å²) < 4.78 is 28.3. The second-order valence-corrected chi connectivity index (χ2v) is 10.8. The third-order valence-corrected chi connectivity index (χ3v) is 8.32. The van der Waals surface area contributed by atoms with Crippen LogP contribution in [0.15, 0.2) is 59.6 Å². The molecule has 7 nitrogen and oxygen atoms in total. The fourth-order valence-electron chi connectivity index (χ4n) is 4.35. The van der Waals surface area contributed by atoms with Gasteiger partial charge in [0, 0.05) is 48.2 Å². The highest BCUT2D eigenvalue weighted by Crippen LogP contribution is 2.26. The molecule has 1 aliphatic rings. The van der Waals surface area contributed by atoms with E-state index in [0.717, 1.165) is 21.9 Å². The second kappa shape index (κ2) is 8.61. The van der Waals surface area contributed by atoms with Crippen LogP contribution < -0.4 is 0 Å². The highest BCUT2D eigenvalue weighted by Gasteiger charge is 2.32. The topological polar surface area (TPSA) is 83.5 Å². The molecule has 0 atom stereocenters. The molecule has 3 heterocycles. The summed E-state index contributed by atoms with van der Waals surface area (Å²) in [7, 11) is -3.75. The van der Waals surface area contributed by atoms with Crippen LogP contribution in [0.2, 0.25) is 5.02 Å². The van der Waals surface area contributed by atoms with Crippen molar-refractivity contribution in [2.24, 2.45) is 0 Å².